The van der Waals surface area contributed by atoms with Crippen LogP contribution in [0.15, 0.2) is 0 Å². The fourth-order valence-electron chi connectivity index (χ4n) is 0.238. The monoisotopic (exact) mass is 277 g/mol. The molecule has 0 heterocycles. The van der Waals surface area contributed by atoms with Gasteiger partial charge in [-0.1, -0.05) is 13.8 Å². The summed E-state index contributed by atoms with van der Waals surface area (Å²) in [5, 5.41) is 0. The smallest absolute Gasteiger partial charge is 0.274 e. The second-order valence-electron chi connectivity index (χ2n) is 2.06. The van der Waals surface area contributed by atoms with Crippen molar-refractivity contribution in [3.8, 4) is 0 Å². The summed E-state index contributed by atoms with van der Waals surface area (Å²) in [6.07, 6.45) is 0. The van der Waals surface area contributed by atoms with E-state index in [1.807, 2.05) is 4.72 Å². The van der Waals surface area contributed by atoms with Crippen LogP contribution in [0.2, 0.25) is 0 Å². The largest absolute Gasteiger partial charge is 0.288 e. The second-order valence-corrected chi connectivity index (χ2v) is 6.62. The molecule has 4 nitrogen and oxygen atoms in total. The molecule has 0 aromatic carbocycles. The molecule has 0 aromatic heterocycles. The van der Waals surface area contributed by atoms with E-state index in [9.17, 15) is 13.2 Å². The van der Waals surface area contributed by atoms with E-state index in [4.69, 9.17) is 0 Å². The summed E-state index contributed by atoms with van der Waals surface area (Å²) >= 11 is 1.17. The van der Waals surface area contributed by atoms with E-state index in [-0.39, 0.29) is 5.92 Å². The van der Waals surface area contributed by atoms with Gasteiger partial charge >= 0.3 is 0 Å². The Labute approximate surface area is 72.0 Å². The lowest BCUT2D eigenvalue weighted by Crippen LogP contribution is -2.29. The molecule has 60 valence electrons. The number of hydrogen-bond donors (Lipinski definition) is 1. The van der Waals surface area contributed by atoms with Gasteiger partial charge in [-0.2, -0.15) is 8.42 Å². The lowest BCUT2D eigenvalue weighted by atomic mass is 10.2. The van der Waals surface area contributed by atoms with Gasteiger partial charge in [0.15, 0.2) is 0 Å². The van der Waals surface area contributed by atoms with E-state index in [1.165, 1.54) is 21.2 Å². The van der Waals surface area contributed by atoms with Crippen molar-refractivity contribution in [1.82, 2.24) is 4.72 Å². The molecule has 0 atom stereocenters. The molecule has 0 unspecified atom stereocenters. The van der Waals surface area contributed by atoms with Crippen LogP contribution >= 0.6 is 21.2 Å². The number of amides is 1. The number of hydrogen-bond acceptors (Lipinski definition) is 3. The van der Waals surface area contributed by atoms with Crippen LogP contribution in [0.1, 0.15) is 13.8 Å². The molecule has 1 amide bonds. The molecule has 0 aromatic rings. The zero-order valence-corrected chi connectivity index (χ0v) is 8.56. The van der Waals surface area contributed by atoms with Gasteiger partial charge in [0, 0.05) is 5.92 Å². The van der Waals surface area contributed by atoms with Gasteiger partial charge in [0.05, 0.1) is 21.2 Å². The van der Waals surface area contributed by atoms with Crippen molar-refractivity contribution in [3.63, 3.8) is 0 Å². The zero-order chi connectivity index (χ0) is 8.36. The maximum absolute atomic E-state index is 10.7. The fraction of sp³-hybridized carbons (Fsp3) is 0.750. The quantitative estimate of drug-likeness (QED) is 0.588. The third-order valence-corrected chi connectivity index (χ3v) is 1.85. The van der Waals surface area contributed by atoms with Crippen LogP contribution in [0.3, 0.4) is 0 Å². The molecular weight excluding hydrogens is 269 g/mol. The first kappa shape index (κ1) is 10.2. The predicted molar refractivity (Wildman–Crippen MR) is 45.9 cm³/mol. The Bertz CT molecular complexity index is 221. The van der Waals surface area contributed by atoms with Gasteiger partial charge < -0.3 is 0 Å². The van der Waals surface area contributed by atoms with Gasteiger partial charge in [0.25, 0.3) is 7.19 Å². The van der Waals surface area contributed by atoms with Gasteiger partial charge in [-0.25, -0.2) is 4.72 Å². The van der Waals surface area contributed by atoms with Crippen molar-refractivity contribution in [3.05, 3.63) is 0 Å². The maximum atomic E-state index is 10.7. The van der Waals surface area contributed by atoms with Crippen LogP contribution in [0, 0.1) is 5.92 Å². The molecule has 0 fully saturated rings. The van der Waals surface area contributed by atoms with E-state index >= 15 is 0 Å². The molecule has 0 rings (SSSR count). The molecule has 0 aliphatic carbocycles. The van der Waals surface area contributed by atoms with Crippen molar-refractivity contribution in [2.45, 2.75) is 13.8 Å². The molecule has 0 saturated heterocycles. The standard InChI is InChI=1S/C4H8INO3S/c1-3(2)4(7)6-10(5,8)9/h3H,1-2H3,(H,6,7). The average molecular weight is 277 g/mol. The van der Waals surface area contributed by atoms with Crippen LogP contribution in [0.5, 0.6) is 0 Å². The molecule has 0 bridgehead atoms. The normalized spacial score (nSPS) is 11.6. The molecule has 10 heavy (non-hydrogen) atoms. The Kier molecular flexibility index (Phi) is 3.57. The second kappa shape index (κ2) is 3.51. The third kappa shape index (κ3) is 4.98. The van der Waals surface area contributed by atoms with Crippen LogP contribution in [-0.2, 0) is 12.0 Å². The van der Waals surface area contributed by atoms with E-state index in [2.05, 4.69) is 0 Å². The van der Waals surface area contributed by atoms with Crippen LogP contribution in [0.4, 0.5) is 0 Å². The highest BCUT2D eigenvalue weighted by atomic mass is 127. The Morgan fingerprint density at radius 3 is 2.00 bits per heavy atom. The van der Waals surface area contributed by atoms with E-state index < -0.39 is 13.1 Å². The molecule has 0 aliphatic heterocycles. The van der Waals surface area contributed by atoms with Gasteiger partial charge in [-0.3, -0.25) is 4.79 Å². The molecule has 0 aliphatic rings. The van der Waals surface area contributed by atoms with E-state index in [0.717, 1.165) is 0 Å². The van der Waals surface area contributed by atoms with Crippen molar-refractivity contribution in [2.24, 2.45) is 5.92 Å². The summed E-state index contributed by atoms with van der Waals surface area (Å²) in [7, 11) is -3.40. The van der Waals surface area contributed by atoms with E-state index in [0.29, 0.717) is 0 Å². The summed E-state index contributed by atoms with van der Waals surface area (Å²) in [4.78, 5) is 10.7. The summed E-state index contributed by atoms with van der Waals surface area (Å²) in [5.74, 6) is -0.779. The van der Waals surface area contributed by atoms with Crippen molar-refractivity contribution in [1.29, 1.82) is 0 Å². The lowest BCUT2D eigenvalue weighted by Gasteiger charge is -2.02. The maximum Gasteiger partial charge on any atom is 0.288 e. The Morgan fingerprint density at radius 1 is 1.50 bits per heavy atom. The summed E-state index contributed by atoms with van der Waals surface area (Å²) in [6.45, 7) is 3.24. The molecule has 0 radical (unpaired) electrons. The van der Waals surface area contributed by atoms with Gasteiger partial charge in [-0.05, 0) is 0 Å². The molecule has 0 spiro atoms. The molecule has 6 heteroatoms. The highest BCUT2D eigenvalue weighted by Crippen LogP contribution is 1.98. The van der Waals surface area contributed by atoms with Gasteiger partial charge in [-0.15, -0.1) is 0 Å². The Morgan fingerprint density at radius 2 is 1.90 bits per heavy atom. The van der Waals surface area contributed by atoms with Gasteiger partial charge in [0.1, 0.15) is 0 Å². The minimum absolute atomic E-state index is 0.301. The summed E-state index contributed by atoms with van der Waals surface area (Å²) in [6, 6.07) is 0. The highest BCUT2D eigenvalue weighted by molar-refractivity contribution is 14.2. The first-order valence-electron chi connectivity index (χ1n) is 2.59. The molecule has 1 N–H and O–H groups in total. The zero-order valence-electron chi connectivity index (χ0n) is 5.59. The number of carbonyl (C=O) groups excluding carboxylic acids is 1. The average Bonchev–Trinajstić information content (AvgIpc) is 1.60. The molecular formula is C4H8INO3S. The molecule has 0 saturated carbocycles. The van der Waals surface area contributed by atoms with Crippen molar-refractivity contribution >= 4 is 34.3 Å². The highest BCUT2D eigenvalue weighted by Gasteiger charge is 2.12. The number of halogens is 1. The number of rotatable bonds is 2. The fourth-order valence-corrected chi connectivity index (χ4v) is 1.37. The first-order chi connectivity index (χ1) is 4.33. The first-order valence-corrected chi connectivity index (χ1v) is 6.62. The Balaban J connectivity index is 4.07. The minimum Gasteiger partial charge on any atom is -0.274 e. The predicted octanol–water partition coefficient (Wildman–Crippen LogP) is 0.438. The minimum atomic E-state index is -3.40. The van der Waals surface area contributed by atoms with Crippen molar-refractivity contribution in [2.75, 3.05) is 0 Å². The topological polar surface area (TPSA) is 63.2 Å². The third-order valence-electron chi connectivity index (χ3n) is 0.747. The van der Waals surface area contributed by atoms with Crippen LogP contribution in [0.25, 0.3) is 0 Å². The summed E-state index contributed by atoms with van der Waals surface area (Å²) in [5.41, 5.74) is 0. The van der Waals surface area contributed by atoms with Crippen molar-refractivity contribution < 1.29 is 13.2 Å². The Hall–Kier alpha value is 0.150. The SMILES string of the molecule is CC(C)C(=O)NS(=O)(=O)I. The number of carbonyl (C=O) groups is 1. The van der Waals surface area contributed by atoms with E-state index in [1.54, 1.807) is 13.8 Å². The summed E-state index contributed by atoms with van der Waals surface area (Å²) < 4.78 is 22.6. The number of nitrogens with one attached hydrogen (secondary N) is 1. The van der Waals surface area contributed by atoms with Crippen LogP contribution < -0.4 is 4.72 Å². The van der Waals surface area contributed by atoms with Gasteiger partial charge in [0.2, 0.25) is 5.91 Å². The lowest BCUT2D eigenvalue weighted by molar-refractivity contribution is -0.122. The van der Waals surface area contributed by atoms with Crippen LogP contribution in [-0.4, -0.2) is 14.3 Å².